The van der Waals surface area contributed by atoms with Gasteiger partial charge in [-0.25, -0.2) is 0 Å². The van der Waals surface area contributed by atoms with Gasteiger partial charge in [0, 0.05) is 12.2 Å². The van der Waals surface area contributed by atoms with Gasteiger partial charge in [0.05, 0.1) is 0 Å². The quantitative estimate of drug-likeness (QED) is 0.745. The van der Waals surface area contributed by atoms with Crippen molar-refractivity contribution < 1.29 is 4.74 Å². The standard InChI is InChI=1S/C17H28N2O/c1-3-4-5-10-19-15-6-7-17(14(2)13-15)20-16-8-11-18-12-9-16/h6-7,13,16,18-19H,3-5,8-12H2,1-2H3. The molecule has 2 N–H and O–H groups in total. The zero-order valence-corrected chi connectivity index (χ0v) is 12.9. The van der Waals surface area contributed by atoms with Crippen LogP contribution >= 0.6 is 0 Å². The zero-order valence-electron chi connectivity index (χ0n) is 12.9. The molecule has 1 heterocycles. The highest BCUT2D eigenvalue weighted by atomic mass is 16.5. The number of unbranched alkanes of at least 4 members (excludes halogenated alkanes) is 2. The van der Waals surface area contributed by atoms with Crippen LogP contribution < -0.4 is 15.4 Å². The second kappa shape index (κ2) is 8.15. The van der Waals surface area contributed by atoms with Gasteiger partial charge in [-0.3, -0.25) is 0 Å². The third kappa shape index (κ3) is 4.71. The maximum Gasteiger partial charge on any atom is 0.122 e. The van der Waals surface area contributed by atoms with Crippen LogP contribution in [0.1, 0.15) is 44.6 Å². The molecule has 1 saturated heterocycles. The molecule has 1 fully saturated rings. The lowest BCUT2D eigenvalue weighted by atomic mass is 10.1. The smallest absolute Gasteiger partial charge is 0.122 e. The van der Waals surface area contributed by atoms with Crippen LogP contribution in [-0.2, 0) is 0 Å². The molecule has 0 amide bonds. The van der Waals surface area contributed by atoms with E-state index in [0.717, 1.165) is 38.2 Å². The van der Waals surface area contributed by atoms with Crippen LogP contribution in [0.15, 0.2) is 18.2 Å². The first-order valence-electron chi connectivity index (χ1n) is 8.01. The number of anilines is 1. The van der Waals surface area contributed by atoms with Crippen LogP contribution in [0.25, 0.3) is 0 Å². The molecule has 3 nitrogen and oxygen atoms in total. The Kier molecular flexibility index (Phi) is 6.19. The van der Waals surface area contributed by atoms with Crippen molar-refractivity contribution >= 4 is 5.69 Å². The summed E-state index contributed by atoms with van der Waals surface area (Å²) in [6.07, 6.45) is 6.39. The Hall–Kier alpha value is -1.22. The number of benzene rings is 1. The van der Waals surface area contributed by atoms with Crippen molar-refractivity contribution in [3.63, 3.8) is 0 Å². The van der Waals surface area contributed by atoms with E-state index in [1.165, 1.54) is 30.5 Å². The first-order valence-corrected chi connectivity index (χ1v) is 8.01. The normalized spacial score (nSPS) is 16.1. The number of hydrogen-bond acceptors (Lipinski definition) is 3. The molecule has 0 radical (unpaired) electrons. The summed E-state index contributed by atoms with van der Waals surface area (Å²) >= 11 is 0. The summed E-state index contributed by atoms with van der Waals surface area (Å²) in [6.45, 7) is 7.56. The lowest BCUT2D eigenvalue weighted by Gasteiger charge is -2.24. The Labute approximate surface area is 123 Å². The third-order valence-corrected chi connectivity index (χ3v) is 3.86. The van der Waals surface area contributed by atoms with E-state index in [1.807, 2.05) is 0 Å². The van der Waals surface area contributed by atoms with Gasteiger partial charge in [0.2, 0.25) is 0 Å². The number of piperidine rings is 1. The predicted molar refractivity (Wildman–Crippen MR) is 85.7 cm³/mol. The molecule has 2 rings (SSSR count). The van der Waals surface area contributed by atoms with Crippen LogP contribution in [0.3, 0.4) is 0 Å². The fourth-order valence-corrected chi connectivity index (χ4v) is 2.59. The molecule has 112 valence electrons. The van der Waals surface area contributed by atoms with Gasteiger partial charge in [-0.1, -0.05) is 19.8 Å². The summed E-state index contributed by atoms with van der Waals surface area (Å²) in [6, 6.07) is 6.44. The molecule has 0 bridgehead atoms. The Morgan fingerprint density at radius 2 is 2.05 bits per heavy atom. The molecule has 0 saturated carbocycles. The minimum absolute atomic E-state index is 0.373. The van der Waals surface area contributed by atoms with Gasteiger partial charge in [0.15, 0.2) is 0 Å². The van der Waals surface area contributed by atoms with Crippen LogP contribution in [0, 0.1) is 6.92 Å². The zero-order chi connectivity index (χ0) is 14.2. The van der Waals surface area contributed by atoms with Gasteiger partial charge in [0.25, 0.3) is 0 Å². The summed E-state index contributed by atoms with van der Waals surface area (Å²) in [4.78, 5) is 0. The molecular formula is C17H28N2O. The van der Waals surface area contributed by atoms with E-state index in [2.05, 4.69) is 42.7 Å². The van der Waals surface area contributed by atoms with Crippen molar-refractivity contribution in [2.24, 2.45) is 0 Å². The fraction of sp³-hybridized carbons (Fsp3) is 0.647. The number of aryl methyl sites for hydroxylation is 1. The Bertz CT molecular complexity index is 400. The van der Waals surface area contributed by atoms with Crippen LogP contribution in [0.5, 0.6) is 5.75 Å². The van der Waals surface area contributed by atoms with E-state index in [4.69, 9.17) is 4.74 Å². The highest BCUT2D eigenvalue weighted by molar-refractivity contribution is 5.50. The first kappa shape index (κ1) is 15.2. The molecule has 20 heavy (non-hydrogen) atoms. The molecule has 0 atom stereocenters. The highest BCUT2D eigenvalue weighted by Gasteiger charge is 2.15. The minimum Gasteiger partial charge on any atom is -0.490 e. The van der Waals surface area contributed by atoms with Gasteiger partial charge < -0.3 is 15.4 Å². The molecule has 1 aromatic carbocycles. The fourth-order valence-electron chi connectivity index (χ4n) is 2.59. The van der Waals surface area contributed by atoms with Gasteiger partial charge in [0.1, 0.15) is 11.9 Å². The summed E-state index contributed by atoms with van der Waals surface area (Å²) in [5.74, 6) is 1.04. The van der Waals surface area contributed by atoms with Crippen LogP contribution in [-0.4, -0.2) is 25.7 Å². The average molecular weight is 276 g/mol. The van der Waals surface area contributed by atoms with Gasteiger partial charge in [-0.05, 0) is 63.0 Å². The van der Waals surface area contributed by atoms with Crippen molar-refractivity contribution in [3.8, 4) is 5.75 Å². The van der Waals surface area contributed by atoms with Crippen LogP contribution in [0.2, 0.25) is 0 Å². The maximum absolute atomic E-state index is 6.12. The van der Waals surface area contributed by atoms with Gasteiger partial charge >= 0.3 is 0 Å². The minimum atomic E-state index is 0.373. The molecule has 0 aliphatic carbocycles. The summed E-state index contributed by atoms with van der Waals surface area (Å²) in [5.41, 5.74) is 2.43. The second-order valence-electron chi connectivity index (χ2n) is 5.68. The Balaban J connectivity index is 1.85. The summed E-state index contributed by atoms with van der Waals surface area (Å²) < 4.78 is 6.12. The third-order valence-electron chi connectivity index (χ3n) is 3.86. The molecule has 1 aromatic rings. The predicted octanol–water partition coefficient (Wildman–Crippen LogP) is 3.73. The van der Waals surface area contributed by atoms with Crippen molar-refractivity contribution in [3.05, 3.63) is 23.8 Å². The molecule has 1 aliphatic rings. The monoisotopic (exact) mass is 276 g/mol. The number of rotatable bonds is 7. The molecule has 1 aliphatic heterocycles. The van der Waals surface area contributed by atoms with Crippen molar-refractivity contribution in [2.45, 2.75) is 52.1 Å². The lowest BCUT2D eigenvalue weighted by Crippen LogP contribution is -2.34. The Morgan fingerprint density at radius 1 is 1.25 bits per heavy atom. The highest BCUT2D eigenvalue weighted by Crippen LogP contribution is 2.24. The van der Waals surface area contributed by atoms with Gasteiger partial charge in [-0.15, -0.1) is 0 Å². The van der Waals surface area contributed by atoms with Gasteiger partial charge in [-0.2, -0.15) is 0 Å². The maximum atomic E-state index is 6.12. The topological polar surface area (TPSA) is 33.3 Å². The molecular weight excluding hydrogens is 248 g/mol. The number of hydrogen-bond donors (Lipinski definition) is 2. The average Bonchev–Trinajstić information content (AvgIpc) is 2.47. The summed E-state index contributed by atoms with van der Waals surface area (Å²) in [5, 5.41) is 6.85. The van der Waals surface area contributed by atoms with Crippen LogP contribution in [0.4, 0.5) is 5.69 Å². The Morgan fingerprint density at radius 3 is 2.75 bits per heavy atom. The summed E-state index contributed by atoms with van der Waals surface area (Å²) in [7, 11) is 0. The van der Waals surface area contributed by atoms with Crippen molar-refractivity contribution in [2.75, 3.05) is 25.0 Å². The number of nitrogens with one attached hydrogen (secondary N) is 2. The van der Waals surface area contributed by atoms with E-state index < -0.39 is 0 Å². The van der Waals surface area contributed by atoms with Crippen molar-refractivity contribution in [1.82, 2.24) is 5.32 Å². The molecule has 0 unspecified atom stereocenters. The second-order valence-corrected chi connectivity index (χ2v) is 5.68. The lowest BCUT2D eigenvalue weighted by molar-refractivity contribution is 0.161. The molecule has 0 spiro atoms. The van der Waals surface area contributed by atoms with E-state index in [9.17, 15) is 0 Å². The first-order chi connectivity index (χ1) is 9.79. The number of ether oxygens (including phenoxy) is 1. The largest absolute Gasteiger partial charge is 0.490 e. The van der Waals surface area contributed by atoms with E-state index in [-0.39, 0.29) is 0 Å². The molecule has 0 aromatic heterocycles. The van der Waals surface area contributed by atoms with E-state index in [1.54, 1.807) is 0 Å². The van der Waals surface area contributed by atoms with Crippen molar-refractivity contribution in [1.29, 1.82) is 0 Å². The SMILES string of the molecule is CCCCCNc1ccc(OC2CCNCC2)c(C)c1. The van der Waals surface area contributed by atoms with E-state index in [0.29, 0.717) is 6.10 Å². The van der Waals surface area contributed by atoms with E-state index >= 15 is 0 Å². The molecule has 3 heteroatoms.